The lowest BCUT2D eigenvalue weighted by Gasteiger charge is -2.14. The van der Waals surface area contributed by atoms with Gasteiger partial charge in [0.25, 0.3) is 10.0 Å². The number of sulfonamides is 1. The van der Waals surface area contributed by atoms with E-state index in [1.807, 2.05) is 13.0 Å². The molecule has 0 atom stereocenters. The van der Waals surface area contributed by atoms with Gasteiger partial charge in [0.05, 0.1) is 16.3 Å². The van der Waals surface area contributed by atoms with E-state index in [1.54, 1.807) is 13.0 Å². The lowest BCUT2D eigenvalue weighted by atomic mass is 10.1. The monoisotopic (exact) mass is 294 g/mol. The van der Waals surface area contributed by atoms with Crippen LogP contribution in [0.2, 0.25) is 0 Å². The normalized spacial score (nSPS) is 11.3. The smallest absolute Gasteiger partial charge is 0.262 e. The number of anilines is 2. The van der Waals surface area contributed by atoms with Gasteiger partial charge in [-0.25, -0.2) is 12.8 Å². The summed E-state index contributed by atoms with van der Waals surface area (Å²) >= 11 is 0. The van der Waals surface area contributed by atoms with Crippen LogP contribution in [0.15, 0.2) is 41.3 Å². The maximum atomic E-state index is 13.1. The first-order valence-electron chi connectivity index (χ1n) is 5.95. The van der Waals surface area contributed by atoms with Crippen molar-refractivity contribution in [3.63, 3.8) is 0 Å². The molecule has 20 heavy (non-hydrogen) atoms. The van der Waals surface area contributed by atoms with E-state index in [-0.39, 0.29) is 4.90 Å². The van der Waals surface area contributed by atoms with Gasteiger partial charge in [-0.2, -0.15) is 0 Å². The summed E-state index contributed by atoms with van der Waals surface area (Å²) in [5.41, 5.74) is 8.11. The van der Waals surface area contributed by atoms with Gasteiger partial charge < -0.3 is 5.73 Å². The lowest BCUT2D eigenvalue weighted by Crippen LogP contribution is -2.15. The summed E-state index contributed by atoms with van der Waals surface area (Å²) in [6.45, 7) is 3.63. The predicted octanol–water partition coefficient (Wildman–Crippen LogP) is 2.83. The summed E-state index contributed by atoms with van der Waals surface area (Å²) in [7, 11) is -3.87. The van der Waals surface area contributed by atoms with Crippen LogP contribution in [-0.4, -0.2) is 8.42 Å². The molecule has 0 aliphatic heterocycles. The predicted molar refractivity (Wildman–Crippen MR) is 77.5 cm³/mol. The van der Waals surface area contributed by atoms with Gasteiger partial charge in [0.1, 0.15) is 5.82 Å². The summed E-state index contributed by atoms with van der Waals surface area (Å²) in [6.07, 6.45) is 0. The number of nitrogens with two attached hydrogens (primary N) is 1. The molecule has 2 aromatic rings. The highest BCUT2D eigenvalue weighted by molar-refractivity contribution is 7.92. The fraction of sp³-hybridized carbons (Fsp3) is 0.143. The fourth-order valence-corrected chi connectivity index (χ4v) is 2.98. The van der Waals surface area contributed by atoms with Crippen molar-refractivity contribution in [2.45, 2.75) is 18.7 Å². The second kappa shape index (κ2) is 5.13. The Morgan fingerprint density at radius 2 is 1.85 bits per heavy atom. The summed E-state index contributed by atoms with van der Waals surface area (Å²) in [4.78, 5) is -0.141. The number of rotatable bonds is 3. The molecule has 2 aromatic carbocycles. The average Bonchev–Trinajstić information content (AvgIpc) is 2.39. The number of aryl methyl sites for hydroxylation is 1. The van der Waals surface area contributed by atoms with E-state index in [0.29, 0.717) is 11.4 Å². The zero-order valence-corrected chi connectivity index (χ0v) is 12.0. The Hall–Kier alpha value is -2.08. The largest absolute Gasteiger partial charge is 0.397 e. The van der Waals surface area contributed by atoms with Gasteiger partial charge in [-0.1, -0.05) is 12.1 Å². The van der Waals surface area contributed by atoms with Crippen molar-refractivity contribution in [1.29, 1.82) is 0 Å². The molecule has 0 aliphatic rings. The number of halogens is 1. The molecule has 6 heteroatoms. The molecule has 0 spiro atoms. The Bertz CT molecular complexity index is 758. The average molecular weight is 294 g/mol. The third-order valence-electron chi connectivity index (χ3n) is 3.11. The highest BCUT2D eigenvalue weighted by Crippen LogP contribution is 2.28. The second-order valence-electron chi connectivity index (χ2n) is 4.53. The molecular formula is C14H15FN2O2S. The standard InChI is InChI=1S/C14H15FN2O2S/c1-9-6-7-13(16)14(10(9)2)17-20(18,19)12-5-3-4-11(15)8-12/h3-8,17H,16H2,1-2H3. The van der Waals surface area contributed by atoms with E-state index in [9.17, 15) is 12.8 Å². The molecule has 0 saturated heterocycles. The molecule has 0 heterocycles. The van der Waals surface area contributed by atoms with Gasteiger partial charge in [0, 0.05) is 0 Å². The van der Waals surface area contributed by atoms with Crippen molar-refractivity contribution in [2.75, 3.05) is 10.5 Å². The molecule has 0 saturated carbocycles. The van der Waals surface area contributed by atoms with E-state index >= 15 is 0 Å². The van der Waals surface area contributed by atoms with Crippen LogP contribution in [0.4, 0.5) is 15.8 Å². The van der Waals surface area contributed by atoms with Gasteiger partial charge in [0.2, 0.25) is 0 Å². The molecule has 4 nitrogen and oxygen atoms in total. The van der Waals surface area contributed by atoms with Crippen LogP contribution in [0.5, 0.6) is 0 Å². The van der Waals surface area contributed by atoms with Crippen molar-refractivity contribution in [3.05, 3.63) is 53.3 Å². The zero-order chi connectivity index (χ0) is 14.9. The first-order chi connectivity index (χ1) is 9.31. The van der Waals surface area contributed by atoms with Crippen LogP contribution in [0.1, 0.15) is 11.1 Å². The first kappa shape index (κ1) is 14.3. The quantitative estimate of drug-likeness (QED) is 0.855. The van der Waals surface area contributed by atoms with E-state index in [4.69, 9.17) is 5.73 Å². The topological polar surface area (TPSA) is 72.2 Å². The van der Waals surface area contributed by atoms with Crippen LogP contribution in [0.3, 0.4) is 0 Å². The Kier molecular flexibility index (Phi) is 3.67. The number of hydrogen-bond donors (Lipinski definition) is 2. The minimum Gasteiger partial charge on any atom is -0.397 e. The summed E-state index contributed by atoms with van der Waals surface area (Å²) in [5.74, 6) is -0.609. The Morgan fingerprint density at radius 1 is 1.15 bits per heavy atom. The molecule has 0 bridgehead atoms. The van der Waals surface area contributed by atoms with Crippen LogP contribution in [-0.2, 0) is 10.0 Å². The molecule has 0 amide bonds. The number of nitrogen functional groups attached to an aromatic ring is 1. The zero-order valence-electron chi connectivity index (χ0n) is 11.1. The van der Waals surface area contributed by atoms with Crippen LogP contribution in [0, 0.1) is 19.7 Å². The van der Waals surface area contributed by atoms with Crippen molar-refractivity contribution in [3.8, 4) is 0 Å². The molecule has 3 N–H and O–H groups in total. The Labute approximate surface area is 117 Å². The highest BCUT2D eigenvalue weighted by atomic mass is 32.2. The Balaban J connectivity index is 2.47. The number of hydrogen-bond acceptors (Lipinski definition) is 3. The van der Waals surface area contributed by atoms with E-state index in [1.165, 1.54) is 18.2 Å². The molecule has 106 valence electrons. The van der Waals surface area contributed by atoms with E-state index in [0.717, 1.165) is 17.2 Å². The maximum Gasteiger partial charge on any atom is 0.262 e. The fourth-order valence-electron chi connectivity index (χ4n) is 1.80. The number of benzene rings is 2. The second-order valence-corrected chi connectivity index (χ2v) is 6.22. The number of nitrogens with one attached hydrogen (secondary N) is 1. The molecule has 0 unspecified atom stereocenters. The molecule has 0 aromatic heterocycles. The van der Waals surface area contributed by atoms with Crippen LogP contribution >= 0.6 is 0 Å². The third kappa shape index (κ3) is 2.75. The SMILES string of the molecule is Cc1ccc(N)c(NS(=O)(=O)c2cccc(F)c2)c1C. The van der Waals surface area contributed by atoms with Crippen molar-refractivity contribution >= 4 is 21.4 Å². The summed E-state index contributed by atoms with van der Waals surface area (Å²) in [6, 6.07) is 8.26. The third-order valence-corrected chi connectivity index (χ3v) is 4.46. The summed E-state index contributed by atoms with van der Waals surface area (Å²) < 4.78 is 40.0. The minimum absolute atomic E-state index is 0.141. The summed E-state index contributed by atoms with van der Waals surface area (Å²) in [5, 5.41) is 0. The highest BCUT2D eigenvalue weighted by Gasteiger charge is 2.18. The van der Waals surface area contributed by atoms with Gasteiger partial charge >= 0.3 is 0 Å². The van der Waals surface area contributed by atoms with Crippen LogP contribution in [0.25, 0.3) is 0 Å². The Morgan fingerprint density at radius 3 is 2.50 bits per heavy atom. The molecule has 0 fully saturated rings. The molecular weight excluding hydrogens is 279 g/mol. The maximum absolute atomic E-state index is 13.1. The molecule has 2 rings (SSSR count). The van der Waals surface area contributed by atoms with Crippen molar-refractivity contribution in [2.24, 2.45) is 0 Å². The van der Waals surface area contributed by atoms with Gasteiger partial charge in [-0.05, 0) is 49.2 Å². The molecule has 0 radical (unpaired) electrons. The van der Waals surface area contributed by atoms with E-state index < -0.39 is 15.8 Å². The lowest BCUT2D eigenvalue weighted by molar-refractivity contribution is 0.595. The van der Waals surface area contributed by atoms with Gasteiger partial charge in [-0.15, -0.1) is 0 Å². The van der Waals surface area contributed by atoms with Crippen LogP contribution < -0.4 is 10.5 Å². The van der Waals surface area contributed by atoms with Gasteiger partial charge in [0.15, 0.2) is 0 Å². The van der Waals surface area contributed by atoms with Crippen molar-refractivity contribution in [1.82, 2.24) is 0 Å². The molecule has 0 aliphatic carbocycles. The minimum atomic E-state index is -3.87. The van der Waals surface area contributed by atoms with E-state index in [2.05, 4.69) is 4.72 Å². The van der Waals surface area contributed by atoms with Gasteiger partial charge in [-0.3, -0.25) is 4.72 Å². The first-order valence-corrected chi connectivity index (χ1v) is 7.43. The van der Waals surface area contributed by atoms with Crippen molar-refractivity contribution < 1.29 is 12.8 Å².